The molecule has 1 saturated heterocycles. The number of rotatable bonds is 4. The van der Waals surface area contributed by atoms with Gasteiger partial charge in [-0.15, -0.1) is 0 Å². The fourth-order valence-electron chi connectivity index (χ4n) is 5.94. The number of aromatic nitrogens is 1. The number of nitrogens with one attached hydrogen (secondary N) is 1. The predicted octanol–water partition coefficient (Wildman–Crippen LogP) is 2.24. The van der Waals surface area contributed by atoms with Crippen molar-refractivity contribution in [3.8, 4) is 5.75 Å². The van der Waals surface area contributed by atoms with Crippen molar-refractivity contribution in [2.45, 2.75) is 6.42 Å². The molecule has 2 bridgehead atoms. The molecule has 4 aliphatic carbocycles. The van der Waals surface area contributed by atoms with Gasteiger partial charge in [-0.2, -0.15) is 0 Å². The van der Waals surface area contributed by atoms with Crippen LogP contribution in [0.3, 0.4) is 0 Å². The number of pyridine rings is 1. The molecule has 2 aromatic rings. The second-order valence-corrected chi connectivity index (χ2v) is 8.68. The third-order valence-electron chi connectivity index (χ3n) is 7.28. The summed E-state index contributed by atoms with van der Waals surface area (Å²) in [6.45, 7) is -0.264. The van der Waals surface area contributed by atoms with Crippen LogP contribution in [0.25, 0.3) is 10.9 Å². The second kappa shape index (κ2) is 6.14. The van der Waals surface area contributed by atoms with Crippen molar-refractivity contribution < 1.29 is 19.1 Å². The fourth-order valence-corrected chi connectivity index (χ4v) is 5.94. The van der Waals surface area contributed by atoms with E-state index < -0.39 is 5.91 Å². The lowest BCUT2D eigenvalue weighted by Crippen LogP contribution is -2.40. The average molecular weight is 403 g/mol. The summed E-state index contributed by atoms with van der Waals surface area (Å²) in [6, 6.07) is 7.17. The van der Waals surface area contributed by atoms with Gasteiger partial charge in [-0.1, -0.05) is 18.2 Å². The molecule has 2 heterocycles. The normalized spacial score (nSPS) is 32.9. The number of carbonyl (C=O) groups is 3. The zero-order valence-corrected chi connectivity index (χ0v) is 16.4. The van der Waals surface area contributed by atoms with E-state index in [0.29, 0.717) is 28.8 Å². The Balaban J connectivity index is 1.23. The van der Waals surface area contributed by atoms with E-state index in [1.54, 1.807) is 31.5 Å². The number of allylic oxidation sites excluding steroid dienone is 2. The number of hydrogen-bond donors (Lipinski definition) is 1. The first-order valence-electron chi connectivity index (χ1n) is 10.3. The summed E-state index contributed by atoms with van der Waals surface area (Å²) in [5, 5.41) is 3.60. The molecule has 1 aromatic heterocycles. The molecule has 1 N–H and O–H groups in total. The smallest absolute Gasteiger partial charge is 0.244 e. The minimum atomic E-state index is -0.405. The van der Waals surface area contributed by atoms with E-state index in [9.17, 15) is 14.4 Å². The molecular weight excluding hydrogens is 382 g/mol. The van der Waals surface area contributed by atoms with Gasteiger partial charge < -0.3 is 10.1 Å². The number of amides is 3. The van der Waals surface area contributed by atoms with E-state index >= 15 is 0 Å². The lowest BCUT2D eigenvalue weighted by atomic mass is 9.63. The Hall–Kier alpha value is -3.22. The number of nitrogens with zero attached hydrogens (tertiary/aromatic N) is 2. The van der Waals surface area contributed by atoms with Gasteiger partial charge in [-0.3, -0.25) is 24.3 Å². The first-order valence-corrected chi connectivity index (χ1v) is 10.3. The van der Waals surface area contributed by atoms with E-state index in [2.05, 4.69) is 22.5 Å². The fraction of sp³-hybridized carbons (Fsp3) is 0.391. The standard InChI is InChI=1S/C23H21N3O4/c1-30-17-7-8-24-21-13(17)3-2-4-16(21)25-18(27)10-26-22(28)19-11-5-6-12(15-9-14(11)15)20(19)23(26)29/h2-8,11-12,14-15,19-20H,9-10H2,1H3,(H,25,27)/t11-,12-,14-,15-,19-,20+/m0/s1. The number of para-hydroxylation sites is 1. The van der Waals surface area contributed by atoms with Crippen LogP contribution in [0.1, 0.15) is 6.42 Å². The third-order valence-corrected chi connectivity index (χ3v) is 7.28. The third kappa shape index (κ3) is 2.32. The molecule has 3 amide bonds. The van der Waals surface area contributed by atoms with Crippen LogP contribution >= 0.6 is 0 Å². The lowest BCUT2D eigenvalue weighted by molar-refractivity contribution is -0.142. The van der Waals surface area contributed by atoms with Gasteiger partial charge >= 0.3 is 0 Å². The minimum Gasteiger partial charge on any atom is -0.496 e. The molecule has 6 atom stereocenters. The Kier molecular flexibility index (Phi) is 3.61. The van der Waals surface area contributed by atoms with Crippen LogP contribution in [0.15, 0.2) is 42.6 Å². The molecule has 5 aliphatic rings. The maximum absolute atomic E-state index is 13.1. The molecule has 7 heteroatoms. The SMILES string of the molecule is COc1ccnc2c(NC(=O)CN3C(=O)[C@@H]4[C@H]5C=C[C@@H]([C@@H]6C[C@@H]56)[C@@H]4C3=O)cccc12. The van der Waals surface area contributed by atoms with Crippen molar-refractivity contribution in [1.82, 2.24) is 9.88 Å². The summed E-state index contributed by atoms with van der Waals surface area (Å²) >= 11 is 0. The highest BCUT2D eigenvalue weighted by Crippen LogP contribution is 2.65. The molecule has 7 rings (SSSR count). The quantitative estimate of drug-likeness (QED) is 0.625. The monoisotopic (exact) mass is 403 g/mol. The number of likely N-dealkylation sites (tertiary alicyclic amines) is 1. The highest BCUT2D eigenvalue weighted by molar-refractivity contribution is 6.10. The highest BCUT2D eigenvalue weighted by atomic mass is 16.5. The number of methoxy groups -OCH3 is 1. The molecule has 7 nitrogen and oxygen atoms in total. The summed E-state index contributed by atoms with van der Waals surface area (Å²) in [6.07, 6.45) is 6.99. The molecule has 1 aliphatic heterocycles. The molecule has 1 aromatic carbocycles. The molecule has 0 unspecified atom stereocenters. The second-order valence-electron chi connectivity index (χ2n) is 8.68. The Morgan fingerprint density at radius 2 is 1.83 bits per heavy atom. The maximum atomic E-state index is 13.1. The molecule has 152 valence electrons. The van der Waals surface area contributed by atoms with Gasteiger partial charge in [0.05, 0.1) is 30.1 Å². The van der Waals surface area contributed by atoms with Crippen molar-refractivity contribution in [2.75, 3.05) is 19.0 Å². The number of ether oxygens (including phenoxy) is 1. The zero-order chi connectivity index (χ0) is 20.6. The van der Waals surface area contributed by atoms with E-state index in [0.717, 1.165) is 11.8 Å². The minimum absolute atomic E-state index is 0.157. The van der Waals surface area contributed by atoms with Gasteiger partial charge in [0.15, 0.2) is 0 Å². The first kappa shape index (κ1) is 17.6. The van der Waals surface area contributed by atoms with Crippen molar-refractivity contribution >= 4 is 34.3 Å². The van der Waals surface area contributed by atoms with Gasteiger partial charge in [0.1, 0.15) is 12.3 Å². The first-order chi connectivity index (χ1) is 14.6. The summed E-state index contributed by atoms with van der Waals surface area (Å²) < 4.78 is 5.36. The molecule has 0 radical (unpaired) electrons. The van der Waals surface area contributed by atoms with Crippen molar-refractivity contribution in [3.63, 3.8) is 0 Å². The van der Waals surface area contributed by atoms with Crippen LogP contribution in [-0.4, -0.2) is 41.3 Å². The number of carbonyl (C=O) groups excluding carboxylic acids is 3. The van der Waals surface area contributed by atoms with Crippen LogP contribution < -0.4 is 10.1 Å². The average Bonchev–Trinajstić information content (AvgIpc) is 3.54. The number of benzene rings is 1. The summed E-state index contributed by atoms with van der Waals surface area (Å²) in [5.41, 5.74) is 1.12. The zero-order valence-electron chi connectivity index (χ0n) is 16.4. The number of fused-ring (bicyclic) bond motifs is 1. The molecule has 3 fully saturated rings. The number of imide groups is 1. The molecule has 2 saturated carbocycles. The summed E-state index contributed by atoms with van der Waals surface area (Å²) in [5.74, 6) is 0.704. The summed E-state index contributed by atoms with van der Waals surface area (Å²) in [7, 11) is 1.58. The van der Waals surface area contributed by atoms with Crippen LogP contribution in [0, 0.1) is 35.5 Å². The number of hydrogen-bond acceptors (Lipinski definition) is 5. The Bertz CT molecular complexity index is 1110. The van der Waals surface area contributed by atoms with E-state index in [1.807, 2.05) is 6.07 Å². The van der Waals surface area contributed by atoms with Gasteiger partial charge in [0, 0.05) is 11.6 Å². The predicted molar refractivity (Wildman–Crippen MR) is 108 cm³/mol. The lowest BCUT2D eigenvalue weighted by Gasteiger charge is -2.37. The Morgan fingerprint density at radius 3 is 2.50 bits per heavy atom. The highest BCUT2D eigenvalue weighted by Gasteiger charge is 2.67. The van der Waals surface area contributed by atoms with Gasteiger partial charge in [-0.05, 0) is 48.3 Å². The van der Waals surface area contributed by atoms with Crippen LogP contribution in [0.5, 0.6) is 5.75 Å². The van der Waals surface area contributed by atoms with Crippen molar-refractivity contribution in [3.05, 3.63) is 42.6 Å². The van der Waals surface area contributed by atoms with Crippen LogP contribution in [0.2, 0.25) is 0 Å². The van der Waals surface area contributed by atoms with Crippen molar-refractivity contribution in [2.24, 2.45) is 35.5 Å². The van der Waals surface area contributed by atoms with Crippen LogP contribution in [0.4, 0.5) is 5.69 Å². The number of anilines is 1. The van der Waals surface area contributed by atoms with Gasteiger partial charge in [0.2, 0.25) is 17.7 Å². The molecular formula is C23H21N3O4. The largest absolute Gasteiger partial charge is 0.496 e. The Morgan fingerprint density at radius 1 is 1.13 bits per heavy atom. The van der Waals surface area contributed by atoms with Crippen molar-refractivity contribution in [1.29, 1.82) is 0 Å². The van der Waals surface area contributed by atoms with Crippen LogP contribution in [-0.2, 0) is 14.4 Å². The van der Waals surface area contributed by atoms with E-state index in [-0.39, 0.29) is 42.0 Å². The summed E-state index contributed by atoms with van der Waals surface area (Å²) in [4.78, 5) is 44.4. The van der Waals surface area contributed by atoms with Gasteiger partial charge in [0.25, 0.3) is 0 Å². The molecule has 30 heavy (non-hydrogen) atoms. The van der Waals surface area contributed by atoms with E-state index in [4.69, 9.17) is 4.74 Å². The van der Waals surface area contributed by atoms with Gasteiger partial charge in [-0.25, -0.2) is 0 Å². The maximum Gasteiger partial charge on any atom is 0.244 e. The topological polar surface area (TPSA) is 88.6 Å². The molecule has 0 spiro atoms. The van der Waals surface area contributed by atoms with E-state index in [1.165, 1.54) is 4.90 Å². The Labute approximate surface area is 173 Å².